The van der Waals surface area contributed by atoms with E-state index in [0.29, 0.717) is 0 Å². The molecule has 0 aliphatic carbocycles. The number of allylic oxidation sites excluding steroid dienone is 2. The Labute approximate surface area is 117 Å². The summed E-state index contributed by atoms with van der Waals surface area (Å²) >= 11 is 0. The summed E-state index contributed by atoms with van der Waals surface area (Å²) in [5, 5.41) is 0. The largest absolute Gasteiger partial charge is 0.393 e. The van der Waals surface area contributed by atoms with Crippen LogP contribution in [-0.2, 0) is 14.3 Å². The first-order valence-corrected chi connectivity index (χ1v) is 7.55. The highest BCUT2D eigenvalue weighted by Crippen LogP contribution is 2.08. The average Bonchev–Trinajstić information content (AvgIpc) is 2.77. The Bertz CT molecular complexity index is 255. The van der Waals surface area contributed by atoms with Crippen molar-refractivity contribution in [3.8, 4) is 0 Å². The van der Waals surface area contributed by atoms with Crippen molar-refractivity contribution < 1.29 is 14.3 Å². The molecule has 0 unspecified atom stereocenters. The molecule has 19 heavy (non-hydrogen) atoms. The van der Waals surface area contributed by atoms with Crippen LogP contribution in [0.25, 0.3) is 0 Å². The summed E-state index contributed by atoms with van der Waals surface area (Å²) in [5.41, 5.74) is 0. The van der Waals surface area contributed by atoms with Gasteiger partial charge in [-0.2, -0.15) is 0 Å². The molecule has 0 saturated carbocycles. The number of rotatable bonds is 8. The molecule has 1 rings (SSSR count). The molecule has 1 aliphatic rings. The van der Waals surface area contributed by atoms with Crippen molar-refractivity contribution in [2.24, 2.45) is 0 Å². The highest BCUT2D eigenvalue weighted by Gasteiger charge is 2.19. The van der Waals surface area contributed by atoms with Crippen LogP contribution in [-0.4, -0.2) is 11.9 Å². The zero-order chi connectivity index (χ0) is 14.3. The van der Waals surface area contributed by atoms with E-state index in [1.165, 1.54) is 51.4 Å². The molecular formula is C16H28O3. The molecule has 0 N–H and O–H groups in total. The lowest BCUT2D eigenvalue weighted by atomic mass is 10.1. The lowest BCUT2D eigenvalue weighted by Crippen LogP contribution is -1.94. The fraction of sp³-hybridized carbons (Fsp3) is 0.750. The van der Waals surface area contributed by atoms with E-state index in [0.717, 1.165) is 0 Å². The van der Waals surface area contributed by atoms with Crippen LogP contribution in [0.3, 0.4) is 0 Å². The number of cyclic esters (lactones) is 2. The lowest BCUT2D eigenvalue weighted by molar-refractivity contribution is -0.151. The van der Waals surface area contributed by atoms with Crippen LogP contribution in [0.4, 0.5) is 0 Å². The normalized spacial score (nSPS) is 14.4. The number of esters is 2. The average molecular weight is 268 g/mol. The number of unbranched alkanes of at least 4 members (excludes halogenated alkanes) is 7. The van der Waals surface area contributed by atoms with Crippen molar-refractivity contribution in [3.63, 3.8) is 0 Å². The molecule has 0 aromatic heterocycles. The van der Waals surface area contributed by atoms with Crippen LogP contribution < -0.4 is 0 Å². The van der Waals surface area contributed by atoms with Gasteiger partial charge in [0, 0.05) is 0 Å². The van der Waals surface area contributed by atoms with Crippen LogP contribution in [0.5, 0.6) is 0 Å². The quantitative estimate of drug-likeness (QED) is 0.281. The zero-order valence-electron chi connectivity index (χ0n) is 12.5. The summed E-state index contributed by atoms with van der Waals surface area (Å²) in [7, 11) is 0. The Morgan fingerprint density at radius 2 is 1.47 bits per heavy atom. The summed E-state index contributed by atoms with van der Waals surface area (Å²) in [5.74, 6) is -0.796. The van der Waals surface area contributed by atoms with E-state index in [1.54, 1.807) is 0 Å². The molecule has 110 valence electrons. The van der Waals surface area contributed by atoms with Crippen molar-refractivity contribution >= 4 is 11.9 Å². The molecule has 0 bridgehead atoms. The standard InChI is InChI=1S/C12H24.C4H4O3/c1-3-5-7-9-11-12-10-8-6-4-2;5-3-1-2-4(6)7-3/h3,5H,4,6-12H2,1-2H3;1-2H2. The summed E-state index contributed by atoms with van der Waals surface area (Å²) in [6.45, 7) is 4.37. The first-order chi connectivity index (χ1) is 9.20. The van der Waals surface area contributed by atoms with Gasteiger partial charge in [-0.15, -0.1) is 0 Å². The first-order valence-electron chi connectivity index (χ1n) is 7.55. The summed E-state index contributed by atoms with van der Waals surface area (Å²) in [6, 6.07) is 0. The van der Waals surface area contributed by atoms with Crippen LogP contribution in [0.2, 0.25) is 0 Å². The minimum Gasteiger partial charge on any atom is -0.393 e. The van der Waals surface area contributed by atoms with Crippen LogP contribution in [0.15, 0.2) is 12.2 Å². The molecule has 1 heterocycles. The molecule has 0 aromatic carbocycles. The van der Waals surface area contributed by atoms with Gasteiger partial charge in [-0.05, 0) is 19.8 Å². The molecule has 0 atom stereocenters. The molecule has 3 nitrogen and oxygen atoms in total. The molecule has 0 amide bonds. The zero-order valence-corrected chi connectivity index (χ0v) is 12.5. The Morgan fingerprint density at radius 3 is 1.89 bits per heavy atom. The van der Waals surface area contributed by atoms with Gasteiger partial charge in [-0.25, -0.2) is 0 Å². The predicted molar refractivity (Wildman–Crippen MR) is 77.8 cm³/mol. The van der Waals surface area contributed by atoms with Crippen molar-refractivity contribution in [3.05, 3.63) is 12.2 Å². The van der Waals surface area contributed by atoms with E-state index in [1.807, 2.05) is 0 Å². The van der Waals surface area contributed by atoms with Gasteiger partial charge in [0.25, 0.3) is 0 Å². The first kappa shape index (κ1) is 17.9. The number of carbonyl (C=O) groups is 2. The lowest BCUT2D eigenvalue weighted by Gasteiger charge is -1.98. The number of ether oxygens (including phenoxy) is 1. The second kappa shape index (κ2) is 13.3. The SMILES string of the molecule is CC=CCCCCCCCCC.O=C1CCC(=O)O1. The van der Waals surface area contributed by atoms with E-state index in [2.05, 4.69) is 30.7 Å². The third-order valence-corrected chi connectivity index (χ3v) is 2.97. The molecule has 0 aromatic rings. The molecular weight excluding hydrogens is 240 g/mol. The van der Waals surface area contributed by atoms with Gasteiger partial charge in [0.05, 0.1) is 12.8 Å². The number of hydrogen-bond acceptors (Lipinski definition) is 3. The fourth-order valence-corrected chi connectivity index (χ4v) is 1.82. The summed E-state index contributed by atoms with van der Waals surface area (Å²) in [6.07, 6.45) is 16.2. The molecule has 1 fully saturated rings. The topological polar surface area (TPSA) is 43.4 Å². The van der Waals surface area contributed by atoms with Gasteiger partial charge in [0.15, 0.2) is 0 Å². The Kier molecular flexibility index (Phi) is 12.5. The maximum absolute atomic E-state index is 10.0. The van der Waals surface area contributed by atoms with Crippen molar-refractivity contribution in [1.29, 1.82) is 0 Å². The highest BCUT2D eigenvalue weighted by atomic mass is 16.6. The van der Waals surface area contributed by atoms with Gasteiger partial charge < -0.3 is 4.74 Å². The smallest absolute Gasteiger partial charge is 0.314 e. The second-order valence-electron chi connectivity index (χ2n) is 4.83. The van der Waals surface area contributed by atoms with Crippen LogP contribution in [0, 0.1) is 0 Å². The van der Waals surface area contributed by atoms with Gasteiger partial charge in [0.2, 0.25) is 0 Å². The van der Waals surface area contributed by atoms with Crippen LogP contribution >= 0.6 is 0 Å². The Morgan fingerprint density at radius 1 is 0.947 bits per heavy atom. The van der Waals surface area contributed by atoms with Gasteiger partial charge in [-0.3, -0.25) is 9.59 Å². The third-order valence-electron chi connectivity index (χ3n) is 2.97. The summed E-state index contributed by atoms with van der Waals surface area (Å²) in [4.78, 5) is 20.0. The predicted octanol–water partition coefficient (Wildman–Crippen LogP) is 4.55. The second-order valence-corrected chi connectivity index (χ2v) is 4.83. The minimum atomic E-state index is -0.398. The van der Waals surface area contributed by atoms with Crippen molar-refractivity contribution in [2.75, 3.05) is 0 Å². The molecule has 0 radical (unpaired) electrons. The number of carbonyl (C=O) groups excluding carboxylic acids is 2. The Balaban J connectivity index is 0.000000388. The van der Waals surface area contributed by atoms with Gasteiger partial charge in [-0.1, -0.05) is 57.6 Å². The molecule has 1 aliphatic heterocycles. The van der Waals surface area contributed by atoms with E-state index >= 15 is 0 Å². The summed E-state index contributed by atoms with van der Waals surface area (Å²) < 4.78 is 4.08. The number of hydrogen-bond donors (Lipinski definition) is 0. The van der Waals surface area contributed by atoms with Gasteiger partial charge >= 0.3 is 11.9 Å². The monoisotopic (exact) mass is 268 g/mol. The minimum absolute atomic E-state index is 0.263. The van der Waals surface area contributed by atoms with E-state index in [4.69, 9.17) is 0 Å². The molecule has 0 spiro atoms. The van der Waals surface area contributed by atoms with Gasteiger partial charge in [0.1, 0.15) is 0 Å². The van der Waals surface area contributed by atoms with E-state index in [-0.39, 0.29) is 12.8 Å². The Hall–Kier alpha value is -1.12. The third kappa shape index (κ3) is 13.1. The van der Waals surface area contributed by atoms with Crippen LogP contribution in [0.1, 0.15) is 78.1 Å². The van der Waals surface area contributed by atoms with Crippen molar-refractivity contribution in [2.45, 2.75) is 78.1 Å². The molecule has 1 saturated heterocycles. The highest BCUT2D eigenvalue weighted by molar-refractivity contribution is 5.92. The van der Waals surface area contributed by atoms with E-state index in [9.17, 15) is 9.59 Å². The molecule has 3 heteroatoms. The fourth-order valence-electron chi connectivity index (χ4n) is 1.82. The van der Waals surface area contributed by atoms with E-state index < -0.39 is 11.9 Å². The van der Waals surface area contributed by atoms with Crippen molar-refractivity contribution in [1.82, 2.24) is 0 Å². The maximum atomic E-state index is 10.0. The maximum Gasteiger partial charge on any atom is 0.314 e.